The summed E-state index contributed by atoms with van der Waals surface area (Å²) in [6, 6.07) is 0. The van der Waals surface area contributed by atoms with Gasteiger partial charge in [0.2, 0.25) is 0 Å². The molecule has 0 N–H and O–H groups in total. The molecule has 0 rings (SSSR count). The molecule has 0 fully saturated rings. The summed E-state index contributed by atoms with van der Waals surface area (Å²) in [6.07, 6.45) is 14.3. The first-order valence-corrected chi connectivity index (χ1v) is 8.97. The van der Waals surface area contributed by atoms with E-state index in [1.54, 1.807) is 0 Å². The molecule has 0 aliphatic rings. The molecule has 0 saturated heterocycles. The standard InChI is InChI=1S/2C8H17.Nd.HO3P/c1-4-6-7-8(3)5-2;1-3-5-7-8-6-4-2;;1-4(2)3/h8H,3-7H2,1-2H3;3H,4-8H2,1-2H3;;(H,1,2,3)/q2*-1;;/p-1. The van der Waals surface area contributed by atoms with Crippen molar-refractivity contribution in [3.05, 3.63) is 13.3 Å². The van der Waals surface area contributed by atoms with Crippen LogP contribution in [-0.2, 0) is 4.57 Å². The summed E-state index contributed by atoms with van der Waals surface area (Å²) < 4.78 is 8.48. The molecule has 1 atom stereocenters. The maximum atomic E-state index is 8.48. The maximum absolute atomic E-state index is 8.48. The second-order valence-electron chi connectivity index (χ2n) is 4.90. The van der Waals surface area contributed by atoms with Gasteiger partial charge in [0.1, 0.15) is 0 Å². The monoisotopic (exact) mass is 447 g/mol. The third kappa shape index (κ3) is 52.4. The van der Waals surface area contributed by atoms with Crippen LogP contribution in [-0.4, -0.2) is 0 Å². The molecule has 0 aliphatic heterocycles. The topological polar surface area (TPSA) is 63.2 Å². The van der Waals surface area contributed by atoms with Gasteiger partial charge in [-0.25, -0.2) is 0 Å². The van der Waals surface area contributed by atoms with E-state index in [4.69, 9.17) is 14.4 Å². The van der Waals surface area contributed by atoms with E-state index in [1.807, 2.05) is 0 Å². The van der Waals surface area contributed by atoms with Gasteiger partial charge in [0.15, 0.2) is 0 Å². The molecule has 0 radical (unpaired) electrons. The molecule has 0 heterocycles. The van der Waals surface area contributed by atoms with Crippen LogP contribution < -0.4 is 9.79 Å². The van der Waals surface area contributed by atoms with Crippen LogP contribution in [0.15, 0.2) is 0 Å². The molecule has 0 aromatic carbocycles. The van der Waals surface area contributed by atoms with Crippen LogP contribution in [0, 0.1) is 60.1 Å². The second-order valence-corrected chi connectivity index (χ2v) is 5.34. The zero-order chi connectivity index (χ0) is 16.2. The Bertz CT molecular complexity index is 171. The Kier molecular flexibility index (Phi) is 42.4. The molecule has 0 aromatic heterocycles. The van der Waals surface area contributed by atoms with E-state index in [0.717, 1.165) is 0 Å². The third-order valence-corrected chi connectivity index (χ3v) is 2.89. The van der Waals surface area contributed by atoms with Crippen molar-refractivity contribution in [2.75, 3.05) is 0 Å². The van der Waals surface area contributed by atoms with Crippen LogP contribution in [0.4, 0.5) is 0 Å². The summed E-state index contributed by atoms with van der Waals surface area (Å²) in [5, 5.41) is 0. The van der Waals surface area contributed by atoms with Crippen molar-refractivity contribution in [3.63, 3.8) is 0 Å². The minimum atomic E-state index is -3.37. The van der Waals surface area contributed by atoms with Crippen LogP contribution in [0.3, 0.4) is 0 Å². The van der Waals surface area contributed by atoms with Gasteiger partial charge in [0.25, 0.3) is 8.25 Å². The molecular weight excluding hydrogens is 415 g/mol. The molecule has 5 heteroatoms. The van der Waals surface area contributed by atoms with Crippen molar-refractivity contribution >= 4 is 8.25 Å². The van der Waals surface area contributed by atoms with Crippen LogP contribution in [0.25, 0.3) is 0 Å². The fourth-order valence-electron chi connectivity index (χ4n) is 1.47. The zero-order valence-corrected chi connectivity index (χ0v) is 18.5. The first-order valence-electron chi connectivity index (χ1n) is 7.88. The average Bonchev–Trinajstić information content (AvgIpc) is 2.41. The van der Waals surface area contributed by atoms with Gasteiger partial charge in [0, 0.05) is 40.8 Å². The number of hydrogen-bond acceptors (Lipinski definition) is 3. The molecule has 0 aliphatic carbocycles. The average molecular weight is 450 g/mol. The number of unbranched alkanes of at least 4 members (excludes halogenated alkanes) is 6. The van der Waals surface area contributed by atoms with Crippen LogP contribution in [0.5, 0.6) is 0 Å². The second kappa shape index (κ2) is 29.4. The predicted molar refractivity (Wildman–Crippen MR) is 85.0 cm³/mol. The predicted octanol–water partition coefficient (Wildman–Crippen LogP) is 4.58. The first kappa shape index (κ1) is 30.3. The van der Waals surface area contributed by atoms with E-state index >= 15 is 0 Å². The minimum Gasteiger partial charge on any atom is -0.598 e. The molecule has 0 spiro atoms. The van der Waals surface area contributed by atoms with Crippen molar-refractivity contribution < 1.29 is 55.2 Å². The van der Waals surface area contributed by atoms with E-state index in [1.165, 1.54) is 57.8 Å². The van der Waals surface area contributed by atoms with E-state index in [0.29, 0.717) is 5.92 Å². The van der Waals surface area contributed by atoms with Gasteiger partial charge in [-0.05, 0) is 0 Å². The molecule has 1 unspecified atom stereocenters. The SMILES string of the molecule is C[CH-]CCCCCC.O=[P+]([O-])[O-].[CH2-]C(CC)CCCC.[Nd]. The van der Waals surface area contributed by atoms with Gasteiger partial charge in [-0.2, -0.15) is 19.3 Å². The Morgan fingerprint density at radius 1 is 1.05 bits per heavy atom. The molecule has 21 heavy (non-hydrogen) atoms. The van der Waals surface area contributed by atoms with Crippen molar-refractivity contribution in [2.45, 2.75) is 85.5 Å². The van der Waals surface area contributed by atoms with Crippen LogP contribution in [0.1, 0.15) is 85.5 Å². The summed E-state index contributed by atoms with van der Waals surface area (Å²) in [4.78, 5) is 17.0. The van der Waals surface area contributed by atoms with Crippen molar-refractivity contribution in [1.82, 2.24) is 0 Å². The Hall–Kier alpha value is 1.37. The van der Waals surface area contributed by atoms with Gasteiger partial charge < -0.3 is 23.1 Å². The minimum absolute atomic E-state index is 0. The van der Waals surface area contributed by atoms with E-state index in [2.05, 4.69) is 41.0 Å². The summed E-state index contributed by atoms with van der Waals surface area (Å²) in [7, 11) is -3.37. The molecule has 0 aromatic rings. The Labute approximate surface area is 167 Å². The Balaban J connectivity index is -0.000000107. The molecular formula is C16H34NdO3P-3. The molecule has 128 valence electrons. The summed E-state index contributed by atoms with van der Waals surface area (Å²) >= 11 is 0. The largest absolute Gasteiger partial charge is 0.598 e. The summed E-state index contributed by atoms with van der Waals surface area (Å²) in [5.74, 6) is 0.704. The van der Waals surface area contributed by atoms with Crippen LogP contribution >= 0.6 is 8.25 Å². The van der Waals surface area contributed by atoms with E-state index in [9.17, 15) is 0 Å². The summed E-state index contributed by atoms with van der Waals surface area (Å²) in [5.41, 5.74) is 0. The van der Waals surface area contributed by atoms with Crippen molar-refractivity contribution in [3.8, 4) is 0 Å². The quantitative estimate of drug-likeness (QED) is 0.294. The molecule has 0 bridgehead atoms. The van der Waals surface area contributed by atoms with E-state index < -0.39 is 8.25 Å². The van der Waals surface area contributed by atoms with Gasteiger partial charge in [-0.1, -0.05) is 76.7 Å². The van der Waals surface area contributed by atoms with Crippen molar-refractivity contribution in [2.24, 2.45) is 5.92 Å². The fraction of sp³-hybridized carbons (Fsp3) is 0.875. The normalized spacial score (nSPS) is 10.2. The number of hydrogen-bond donors (Lipinski definition) is 0. The zero-order valence-electron chi connectivity index (χ0n) is 14.4. The summed E-state index contributed by atoms with van der Waals surface area (Å²) in [6.45, 7) is 12.8. The Morgan fingerprint density at radius 2 is 1.52 bits per heavy atom. The molecule has 0 amide bonds. The van der Waals surface area contributed by atoms with Gasteiger partial charge in [-0.15, -0.1) is 0 Å². The van der Waals surface area contributed by atoms with Gasteiger partial charge >= 0.3 is 0 Å². The van der Waals surface area contributed by atoms with Crippen molar-refractivity contribution in [1.29, 1.82) is 0 Å². The van der Waals surface area contributed by atoms with Crippen LogP contribution in [0.2, 0.25) is 0 Å². The smallest absolute Gasteiger partial charge is 0.276 e. The first-order chi connectivity index (χ1) is 9.45. The fourth-order valence-corrected chi connectivity index (χ4v) is 1.47. The molecule has 3 nitrogen and oxygen atoms in total. The van der Waals surface area contributed by atoms with Gasteiger partial charge in [0.05, 0.1) is 0 Å². The molecule has 0 saturated carbocycles. The third-order valence-electron chi connectivity index (χ3n) is 2.89. The maximum Gasteiger partial charge on any atom is 0.276 e. The van der Waals surface area contributed by atoms with Gasteiger partial charge in [-0.3, -0.25) is 0 Å². The number of rotatable bonds is 9. The van der Waals surface area contributed by atoms with E-state index in [-0.39, 0.29) is 40.8 Å². The Morgan fingerprint density at radius 3 is 1.86 bits per heavy atom.